The molecule has 102 valence electrons. The molecule has 0 spiro atoms. The van der Waals surface area contributed by atoms with E-state index in [1.807, 2.05) is 0 Å². The summed E-state index contributed by atoms with van der Waals surface area (Å²) in [6.07, 6.45) is 6.05. The number of likely N-dealkylation sites (tertiary alicyclic amines) is 1. The second-order valence-electron chi connectivity index (χ2n) is 6.90. The van der Waals surface area contributed by atoms with Crippen LogP contribution in [0.25, 0.3) is 0 Å². The van der Waals surface area contributed by atoms with Crippen LogP contribution in [-0.2, 0) is 4.79 Å². The lowest BCUT2D eigenvalue weighted by molar-refractivity contribution is -0.166. The summed E-state index contributed by atoms with van der Waals surface area (Å²) in [7, 11) is 0. The fraction of sp³-hybridized carbons (Fsp3) is 0.929. The molecular weight excluding hydrogens is 228 g/mol. The molecule has 0 radical (unpaired) electrons. The molecule has 18 heavy (non-hydrogen) atoms. The number of hydrogen-bond acceptors (Lipinski definition) is 3. The van der Waals surface area contributed by atoms with Crippen molar-refractivity contribution in [2.24, 2.45) is 17.6 Å². The number of carbonyl (C=O) groups excluding carboxylic acids is 1. The van der Waals surface area contributed by atoms with Crippen LogP contribution in [0.15, 0.2) is 0 Å². The summed E-state index contributed by atoms with van der Waals surface area (Å²) < 4.78 is 0. The summed E-state index contributed by atoms with van der Waals surface area (Å²) in [6, 6.07) is 0. The lowest BCUT2D eigenvalue weighted by Crippen LogP contribution is -2.70. The van der Waals surface area contributed by atoms with Crippen molar-refractivity contribution in [3.05, 3.63) is 0 Å². The Balaban J connectivity index is 1.61. The highest BCUT2D eigenvalue weighted by atomic mass is 16.3. The monoisotopic (exact) mass is 252 g/mol. The average molecular weight is 252 g/mol. The standard InChI is InChI=1S/C14H24N2O2/c1-10-3-2-6-13(15,7-10)12(17)16-8-14(18,9-16)11-4-5-11/h10-11,18H,2-9,15H2,1H3. The lowest BCUT2D eigenvalue weighted by atomic mass is 9.75. The second kappa shape index (κ2) is 3.94. The summed E-state index contributed by atoms with van der Waals surface area (Å²) in [4.78, 5) is 14.2. The van der Waals surface area contributed by atoms with E-state index in [1.165, 1.54) is 6.42 Å². The number of rotatable bonds is 2. The molecule has 1 heterocycles. The Morgan fingerprint density at radius 2 is 2.00 bits per heavy atom. The Labute approximate surface area is 109 Å². The molecule has 2 aliphatic carbocycles. The zero-order chi connectivity index (χ0) is 13.0. The largest absolute Gasteiger partial charge is 0.386 e. The van der Waals surface area contributed by atoms with Gasteiger partial charge in [-0.1, -0.05) is 19.8 Å². The third kappa shape index (κ3) is 1.95. The molecule has 2 unspecified atom stereocenters. The molecule has 4 nitrogen and oxygen atoms in total. The maximum atomic E-state index is 12.5. The van der Waals surface area contributed by atoms with Crippen molar-refractivity contribution >= 4 is 5.91 Å². The first-order valence-corrected chi connectivity index (χ1v) is 7.24. The zero-order valence-electron chi connectivity index (χ0n) is 11.2. The van der Waals surface area contributed by atoms with Crippen molar-refractivity contribution in [1.82, 2.24) is 4.90 Å². The second-order valence-corrected chi connectivity index (χ2v) is 6.90. The lowest BCUT2D eigenvalue weighted by Gasteiger charge is -2.50. The number of β-amino-alcohol motifs (C(OH)–C–C–N with tert-alkyl or cyclic N) is 1. The summed E-state index contributed by atoms with van der Waals surface area (Å²) in [5, 5.41) is 10.3. The van der Waals surface area contributed by atoms with Gasteiger partial charge in [-0.2, -0.15) is 0 Å². The maximum absolute atomic E-state index is 12.5. The van der Waals surface area contributed by atoms with Gasteiger partial charge in [-0.25, -0.2) is 0 Å². The van der Waals surface area contributed by atoms with E-state index in [-0.39, 0.29) is 5.91 Å². The highest BCUT2D eigenvalue weighted by Crippen LogP contribution is 2.45. The van der Waals surface area contributed by atoms with Crippen LogP contribution in [0.3, 0.4) is 0 Å². The molecule has 1 saturated heterocycles. The van der Waals surface area contributed by atoms with Gasteiger partial charge < -0.3 is 15.7 Å². The van der Waals surface area contributed by atoms with Crippen LogP contribution in [0, 0.1) is 11.8 Å². The Morgan fingerprint density at radius 3 is 2.56 bits per heavy atom. The third-order valence-electron chi connectivity index (χ3n) is 5.01. The van der Waals surface area contributed by atoms with Gasteiger partial charge in [-0.3, -0.25) is 4.79 Å². The van der Waals surface area contributed by atoms with Gasteiger partial charge in [0.25, 0.3) is 0 Å². The fourth-order valence-corrected chi connectivity index (χ4v) is 3.74. The highest BCUT2D eigenvalue weighted by molar-refractivity contribution is 5.87. The summed E-state index contributed by atoms with van der Waals surface area (Å²) in [5.41, 5.74) is 5.06. The molecule has 0 bridgehead atoms. The van der Waals surface area contributed by atoms with Crippen LogP contribution in [-0.4, -0.2) is 40.1 Å². The van der Waals surface area contributed by atoms with E-state index < -0.39 is 11.1 Å². The van der Waals surface area contributed by atoms with Crippen LogP contribution in [0.2, 0.25) is 0 Å². The minimum absolute atomic E-state index is 0.0689. The fourth-order valence-electron chi connectivity index (χ4n) is 3.74. The smallest absolute Gasteiger partial charge is 0.242 e. The first-order chi connectivity index (χ1) is 8.43. The Hall–Kier alpha value is -0.610. The van der Waals surface area contributed by atoms with Gasteiger partial charge in [0.1, 0.15) is 5.60 Å². The minimum Gasteiger partial charge on any atom is -0.386 e. The number of hydrogen-bond donors (Lipinski definition) is 2. The number of nitrogens with zero attached hydrogens (tertiary/aromatic N) is 1. The van der Waals surface area contributed by atoms with Crippen molar-refractivity contribution in [3.63, 3.8) is 0 Å². The van der Waals surface area contributed by atoms with E-state index in [4.69, 9.17) is 5.73 Å². The van der Waals surface area contributed by atoms with E-state index in [0.717, 1.165) is 32.1 Å². The first kappa shape index (κ1) is 12.4. The maximum Gasteiger partial charge on any atom is 0.242 e. The van der Waals surface area contributed by atoms with Crippen LogP contribution < -0.4 is 5.73 Å². The number of carbonyl (C=O) groups is 1. The molecule has 3 aliphatic rings. The van der Waals surface area contributed by atoms with E-state index in [0.29, 0.717) is 24.9 Å². The van der Waals surface area contributed by atoms with Gasteiger partial charge in [0.15, 0.2) is 0 Å². The quantitative estimate of drug-likeness (QED) is 0.766. The number of aliphatic hydroxyl groups is 1. The Kier molecular flexibility index (Phi) is 2.72. The van der Waals surface area contributed by atoms with Gasteiger partial charge in [-0.15, -0.1) is 0 Å². The van der Waals surface area contributed by atoms with Crippen LogP contribution in [0.5, 0.6) is 0 Å². The van der Waals surface area contributed by atoms with Crippen molar-refractivity contribution in [2.45, 2.75) is 56.6 Å². The average Bonchev–Trinajstić information content (AvgIpc) is 3.07. The van der Waals surface area contributed by atoms with Gasteiger partial charge in [-0.05, 0) is 37.5 Å². The van der Waals surface area contributed by atoms with Crippen molar-refractivity contribution in [3.8, 4) is 0 Å². The third-order valence-corrected chi connectivity index (χ3v) is 5.01. The molecule has 1 amide bonds. The predicted octanol–water partition coefficient (Wildman–Crippen LogP) is 0.877. The number of amides is 1. The molecule has 3 rings (SSSR count). The summed E-state index contributed by atoms with van der Waals surface area (Å²) >= 11 is 0. The molecule has 0 aromatic rings. The zero-order valence-corrected chi connectivity index (χ0v) is 11.2. The van der Waals surface area contributed by atoms with Gasteiger partial charge in [0, 0.05) is 0 Å². The minimum atomic E-state index is -0.664. The molecule has 0 aromatic heterocycles. The first-order valence-electron chi connectivity index (χ1n) is 7.24. The van der Waals surface area contributed by atoms with E-state index in [2.05, 4.69) is 6.92 Å². The van der Waals surface area contributed by atoms with Crippen LogP contribution in [0.1, 0.15) is 45.4 Å². The SMILES string of the molecule is CC1CCCC(N)(C(=O)N2CC(O)(C3CC3)C2)C1. The molecule has 3 N–H and O–H groups in total. The van der Waals surface area contributed by atoms with E-state index >= 15 is 0 Å². The predicted molar refractivity (Wildman–Crippen MR) is 68.8 cm³/mol. The highest BCUT2D eigenvalue weighted by Gasteiger charge is 2.55. The molecular formula is C14H24N2O2. The van der Waals surface area contributed by atoms with E-state index in [1.54, 1.807) is 4.90 Å². The van der Waals surface area contributed by atoms with Gasteiger partial charge in [0.05, 0.1) is 18.6 Å². The van der Waals surface area contributed by atoms with Crippen molar-refractivity contribution in [1.29, 1.82) is 0 Å². The Bertz CT molecular complexity index is 361. The van der Waals surface area contributed by atoms with E-state index in [9.17, 15) is 9.90 Å². The normalized spacial score (nSPS) is 39.3. The molecule has 2 saturated carbocycles. The van der Waals surface area contributed by atoms with Gasteiger partial charge >= 0.3 is 0 Å². The molecule has 0 aromatic carbocycles. The molecule has 4 heteroatoms. The molecule has 1 aliphatic heterocycles. The summed E-state index contributed by atoms with van der Waals surface area (Å²) in [6.45, 7) is 3.18. The van der Waals surface area contributed by atoms with Gasteiger partial charge in [0.2, 0.25) is 5.91 Å². The van der Waals surface area contributed by atoms with Crippen molar-refractivity contribution < 1.29 is 9.90 Å². The molecule has 2 atom stereocenters. The number of nitrogens with two attached hydrogens (primary N) is 1. The van der Waals surface area contributed by atoms with Crippen LogP contribution >= 0.6 is 0 Å². The summed E-state index contributed by atoms with van der Waals surface area (Å²) in [5.74, 6) is 1.04. The topological polar surface area (TPSA) is 66.6 Å². The Morgan fingerprint density at radius 1 is 1.33 bits per heavy atom. The molecule has 3 fully saturated rings. The van der Waals surface area contributed by atoms with Crippen LogP contribution in [0.4, 0.5) is 0 Å². The van der Waals surface area contributed by atoms with Crippen molar-refractivity contribution in [2.75, 3.05) is 13.1 Å².